The van der Waals surface area contributed by atoms with Crippen molar-refractivity contribution in [2.75, 3.05) is 11.5 Å². The lowest BCUT2D eigenvalue weighted by molar-refractivity contribution is 0.641. The molecule has 3 heteroatoms. The molecule has 1 aromatic rings. The molecular weight excluding hydrogens is 284 g/mol. The largest absolute Gasteiger partial charge is 0.144 e. The van der Waals surface area contributed by atoms with Crippen molar-refractivity contribution in [1.82, 2.24) is 0 Å². The molecule has 1 aromatic carbocycles. The Morgan fingerprint density at radius 1 is 1.05 bits per heavy atom. The van der Waals surface area contributed by atoms with Gasteiger partial charge < -0.3 is 0 Å². The van der Waals surface area contributed by atoms with Crippen molar-refractivity contribution >= 4 is 38.2 Å². The summed E-state index contributed by atoms with van der Waals surface area (Å²) < 4.78 is 0.528. The molecule has 1 saturated heterocycles. The van der Waals surface area contributed by atoms with Crippen LogP contribution in [0.25, 0.3) is 0 Å². The molecule has 1 aliphatic heterocycles. The van der Waals surface area contributed by atoms with E-state index in [1.54, 1.807) is 0 Å². The third-order valence-electron chi connectivity index (χ3n) is 3.51. The van der Waals surface area contributed by atoms with E-state index in [4.69, 9.17) is 0 Å². The highest BCUT2D eigenvalue weighted by Gasteiger charge is 2.27. The molecule has 0 nitrogen and oxygen atoms in total. The lowest BCUT2D eigenvalue weighted by Crippen LogP contribution is -2.20. The molecule has 0 spiro atoms. The number of thioether (sulfide) groups is 2. The Morgan fingerprint density at radius 2 is 1.79 bits per heavy atom. The van der Waals surface area contributed by atoms with E-state index in [2.05, 4.69) is 60.8 Å². The summed E-state index contributed by atoms with van der Waals surface area (Å²) in [6.45, 7) is 2.45. The van der Waals surface area contributed by atoms with E-state index in [9.17, 15) is 0 Å². The van der Waals surface area contributed by atoms with E-state index in [0.29, 0.717) is 4.08 Å². The molecule has 1 fully saturated rings. The zero-order valence-electron chi connectivity index (χ0n) is 11.9. The minimum atomic E-state index is 0.528. The van der Waals surface area contributed by atoms with Crippen molar-refractivity contribution in [1.29, 1.82) is 0 Å². The Balaban J connectivity index is 1.52. The summed E-state index contributed by atoms with van der Waals surface area (Å²) in [6.07, 6.45) is 7.03. The average molecular weight is 309 g/mol. The maximum atomic E-state index is 2.45. The van der Waals surface area contributed by atoms with E-state index in [1.165, 1.54) is 54.8 Å². The quantitative estimate of drug-likeness (QED) is 0.534. The lowest BCUT2D eigenvalue weighted by Gasteiger charge is -2.32. The highest BCUT2D eigenvalue weighted by molar-refractivity contribution is 8.18. The van der Waals surface area contributed by atoms with Gasteiger partial charge in [-0.25, -0.2) is 0 Å². The number of unbranched alkanes of at least 4 members (excludes halogenated alkanes) is 2. The smallest absolute Gasteiger partial charge is 0.0807 e. The highest BCUT2D eigenvalue weighted by Crippen LogP contribution is 2.45. The summed E-state index contributed by atoms with van der Waals surface area (Å²) in [7, 11) is 1.00. The van der Waals surface area contributed by atoms with Crippen LogP contribution in [0.1, 0.15) is 39.0 Å². The fourth-order valence-electron chi connectivity index (χ4n) is 2.36. The molecule has 0 amide bonds. The number of hydrogen-bond acceptors (Lipinski definition) is 2. The second-order valence-electron chi connectivity index (χ2n) is 5.29. The molecule has 0 saturated carbocycles. The first kappa shape index (κ1) is 15.5. The third-order valence-corrected chi connectivity index (χ3v) is 8.18. The van der Waals surface area contributed by atoms with E-state index in [-0.39, 0.29) is 0 Å². The molecule has 0 unspecified atom stereocenters. The van der Waals surface area contributed by atoms with Crippen LogP contribution in [0.4, 0.5) is 0 Å². The Bertz CT molecular complexity index is 347. The summed E-state index contributed by atoms with van der Waals surface area (Å²) in [5.41, 5.74) is 0. The SMILES string of the molecule is CC1(CCCCC[Si]c2ccccc2)SCCCS1. The van der Waals surface area contributed by atoms with Gasteiger partial charge in [-0.2, -0.15) is 0 Å². The fourth-order valence-corrected chi connectivity index (χ4v) is 6.54. The van der Waals surface area contributed by atoms with Crippen LogP contribution in [0.2, 0.25) is 6.04 Å². The van der Waals surface area contributed by atoms with Crippen LogP contribution in [-0.4, -0.2) is 25.1 Å². The van der Waals surface area contributed by atoms with Crippen molar-refractivity contribution in [2.24, 2.45) is 0 Å². The van der Waals surface area contributed by atoms with Crippen LogP contribution < -0.4 is 5.19 Å². The first-order valence-corrected chi connectivity index (χ1v) is 10.5. The van der Waals surface area contributed by atoms with Crippen LogP contribution in [0, 0.1) is 0 Å². The fraction of sp³-hybridized carbons (Fsp3) is 0.625. The van der Waals surface area contributed by atoms with Crippen molar-refractivity contribution in [2.45, 2.75) is 49.2 Å². The molecule has 1 heterocycles. The molecule has 0 aromatic heterocycles. The van der Waals surface area contributed by atoms with Gasteiger partial charge in [0.1, 0.15) is 0 Å². The number of rotatable bonds is 7. The van der Waals surface area contributed by atoms with E-state index >= 15 is 0 Å². The number of hydrogen-bond donors (Lipinski definition) is 0. The molecule has 0 N–H and O–H groups in total. The Labute approximate surface area is 129 Å². The second kappa shape index (κ2) is 8.43. The van der Waals surface area contributed by atoms with Gasteiger partial charge in [-0.3, -0.25) is 0 Å². The second-order valence-corrected chi connectivity index (χ2v) is 10.2. The minimum Gasteiger partial charge on any atom is -0.144 e. The van der Waals surface area contributed by atoms with Crippen molar-refractivity contribution in [3.05, 3.63) is 30.3 Å². The monoisotopic (exact) mass is 308 g/mol. The molecular formula is C16H24S2Si. The maximum absolute atomic E-state index is 2.45. The van der Waals surface area contributed by atoms with Crippen LogP contribution in [0.5, 0.6) is 0 Å². The molecule has 0 atom stereocenters. The Hall–Kier alpha value is 0.137. The van der Waals surface area contributed by atoms with Gasteiger partial charge in [-0.1, -0.05) is 60.8 Å². The van der Waals surface area contributed by atoms with Crippen LogP contribution in [0.3, 0.4) is 0 Å². The molecule has 2 rings (SSSR count). The minimum absolute atomic E-state index is 0.528. The van der Waals surface area contributed by atoms with E-state index in [1.807, 2.05) is 0 Å². The van der Waals surface area contributed by atoms with Crippen molar-refractivity contribution in [3.8, 4) is 0 Å². The van der Waals surface area contributed by atoms with Gasteiger partial charge in [0.05, 0.1) is 13.6 Å². The highest BCUT2D eigenvalue weighted by atomic mass is 32.2. The van der Waals surface area contributed by atoms with E-state index in [0.717, 1.165) is 9.52 Å². The third kappa shape index (κ3) is 5.97. The van der Waals surface area contributed by atoms with Gasteiger partial charge in [0.2, 0.25) is 0 Å². The van der Waals surface area contributed by atoms with E-state index < -0.39 is 0 Å². The summed E-state index contributed by atoms with van der Waals surface area (Å²) in [5, 5.41) is 1.52. The Kier molecular flexibility index (Phi) is 6.89. The van der Waals surface area contributed by atoms with Gasteiger partial charge in [0, 0.05) is 0 Å². The van der Waals surface area contributed by atoms with Gasteiger partial charge in [0.25, 0.3) is 0 Å². The summed E-state index contributed by atoms with van der Waals surface area (Å²) in [5.74, 6) is 2.75. The van der Waals surface area contributed by atoms with Crippen LogP contribution in [-0.2, 0) is 0 Å². The zero-order chi connectivity index (χ0) is 13.4. The molecule has 104 valence electrons. The van der Waals surface area contributed by atoms with Gasteiger partial charge in [-0.05, 0) is 31.3 Å². The molecule has 19 heavy (non-hydrogen) atoms. The van der Waals surface area contributed by atoms with Gasteiger partial charge in [-0.15, -0.1) is 23.5 Å². The molecule has 2 radical (unpaired) electrons. The van der Waals surface area contributed by atoms with Crippen molar-refractivity contribution < 1.29 is 0 Å². The van der Waals surface area contributed by atoms with Gasteiger partial charge in [0.15, 0.2) is 0 Å². The van der Waals surface area contributed by atoms with Crippen LogP contribution >= 0.6 is 23.5 Å². The van der Waals surface area contributed by atoms with Crippen LogP contribution in [0.15, 0.2) is 30.3 Å². The topological polar surface area (TPSA) is 0 Å². The lowest BCUT2D eigenvalue weighted by atomic mass is 10.1. The first-order valence-electron chi connectivity index (χ1n) is 7.35. The normalized spacial score (nSPS) is 18.4. The predicted molar refractivity (Wildman–Crippen MR) is 93.0 cm³/mol. The molecule has 0 aliphatic carbocycles. The first-order chi connectivity index (χ1) is 9.29. The predicted octanol–water partition coefficient (Wildman–Crippen LogP) is 4.58. The summed E-state index contributed by atoms with van der Waals surface area (Å²) in [4.78, 5) is 0. The number of benzene rings is 1. The molecule has 1 aliphatic rings. The maximum Gasteiger partial charge on any atom is 0.0807 e. The Morgan fingerprint density at radius 3 is 2.53 bits per heavy atom. The average Bonchev–Trinajstić information content (AvgIpc) is 2.44. The summed E-state index contributed by atoms with van der Waals surface area (Å²) >= 11 is 4.38. The molecule has 0 bridgehead atoms. The standard InChI is InChI=1S/C16H24S2Si/c1-16(17-12-8-13-18-16)11-6-3-7-14-19-15-9-4-2-5-10-15/h2,4-5,9-10H,3,6-8,11-14H2,1H3. The van der Waals surface area contributed by atoms with Gasteiger partial charge >= 0.3 is 0 Å². The van der Waals surface area contributed by atoms with Crippen molar-refractivity contribution in [3.63, 3.8) is 0 Å². The summed E-state index contributed by atoms with van der Waals surface area (Å²) in [6, 6.07) is 12.3. The zero-order valence-corrected chi connectivity index (χ0v) is 14.5.